The highest BCUT2D eigenvalue weighted by atomic mass is 19.1. The van der Waals surface area contributed by atoms with Gasteiger partial charge >= 0.3 is 0 Å². The lowest BCUT2D eigenvalue weighted by molar-refractivity contribution is -0.121. The van der Waals surface area contributed by atoms with Crippen molar-refractivity contribution in [3.05, 3.63) is 47.3 Å². The summed E-state index contributed by atoms with van der Waals surface area (Å²) in [6.07, 6.45) is 2.29. The van der Waals surface area contributed by atoms with E-state index in [1.165, 1.54) is 12.4 Å². The Balaban J connectivity index is 1.44. The number of nitrogens with one attached hydrogen (secondary N) is 2. The summed E-state index contributed by atoms with van der Waals surface area (Å²) in [5, 5.41) is 9.28. The lowest BCUT2D eigenvalue weighted by atomic mass is 9.92. The highest BCUT2D eigenvalue weighted by Crippen LogP contribution is 2.24. The SMILES string of the molecule is Cc1cccc(C(=O)N2CC(CC(C)NC(=O)Cc3ncn[nH]3)C2)c1F. The first-order valence-corrected chi connectivity index (χ1v) is 8.62. The van der Waals surface area contributed by atoms with Crippen LogP contribution in [0.5, 0.6) is 0 Å². The van der Waals surface area contributed by atoms with Crippen LogP contribution in [-0.4, -0.2) is 51.0 Å². The second-order valence-corrected chi connectivity index (χ2v) is 6.83. The zero-order valence-electron chi connectivity index (χ0n) is 14.8. The number of benzene rings is 1. The Morgan fingerprint density at radius 1 is 1.42 bits per heavy atom. The van der Waals surface area contributed by atoms with Gasteiger partial charge in [0.25, 0.3) is 5.91 Å². The molecule has 2 aromatic rings. The molecule has 26 heavy (non-hydrogen) atoms. The lowest BCUT2D eigenvalue weighted by Crippen LogP contribution is -2.52. The molecule has 1 atom stereocenters. The van der Waals surface area contributed by atoms with Gasteiger partial charge in [0.15, 0.2) is 0 Å². The number of nitrogens with zero attached hydrogens (tertiary/aromatic N) is 3. The van der Waals surface area contributed by atoms with E-state index in [1.807, 2.05) is 6.92 Å². The van der Waals surface area contributed by atoms with Crippen LogP contribution in [-0.2, 0) is 11.2 Å². The first-order valence-electron chi connectivity index (χ1n) is 8.62. The minimum absolute atomic E-state index is 0.0108. The maximum absolute atomic E-state index is 14.1. The Bertz CT molecular complexity index is 787. The molecule has 0 radical (unpaired) electrons. The third-order valence-corrected chi connectivity index (χ3v) is 4.55. The molecule has 1 saturated heterocycles. The molecule has 7 nitrogen and oxygen atoms in total. The molecule has 1 aromatic heterocycles. The fourth-order valence-corrected chi connectivity index (χ4v) is 3.22. The minimum Gasteiger partial charge on any atom is -0.353 e. The summed E-state index contributed by atoms with van der Waals surface area (Å²) in [5.41, 5.74) is 0.591. The van der Waals surface area contributed by atoms with Crippen molar-refractivity contribution in [1.29, 1.82) is 0 Å². The van der Waals surface area contributed by atoms with Gasteiger partial charge in [-0.1, -0.05) is 12.1 Å². The summed E-state index contributed by atoms with van der Waals surface area (Å²) in [6.45, 7) is 4.74. The maximum Gasteiger partial charge on any atom is 0.256 e. The largest absolute Gasteiger partial charge is 0.353 e. The molecule has 3 rings (SSSR count). The van der Waals surface area contributed by atoms with E-state index in [0.717, 1.165) is 6.42 Å². The molecule has 1 aliphatic rings. The van der Waals surface area contributed by atoms with E-state index < -0.39 is 5.82 Å². The summed E-state index contributed by atoms with van der Waals surface area (Å²) in [4.78, 5) is 29.9. The van der Waals surface area contributed by atoms with Crippen LogP contribution >= 0.6 is 0 Å². The Morgan fingerprint density at radius 2 is 2.19 bits per heavy atom. The van der Waals surface area contributed by atoms with Crippen LogP contribution in [0.4, 0.5) is 4.39 Å². The zero-order chi connectivity index (χ0) is 18.7. The Labute approximate surface area is 151 Å². The normalized spacial score (nSPS) is 15.4. The second-order valence-electron chi connectivity index (χ2n) is 6.83. The Kier molecular flexibility index (Phi) is 5.29. The number of halogens is 1. The van der Waals surface area contributed by atoms with E-state index in [1.54, 1.807) is 24.0 Å². The third kappa shape index (κ3) is 4.07. The summed E-state index contributed by atoms with van der Waals surface area (Å²) in [6, 6.07) is 4.84. The molecule has 0 saturated carbocycles. The molecule has 1 unspecified atom stereocenters. The van der Waals surface area contributed by atoms with Gasteiger partial charge in [0.1, 0.15) is 18.0 Å². The van der Waals surface area contributed by atoms with Crippen LogP contribution in [0.2, 0.25) is 0 Å². The van der Waals surface area contributed by atoms with E-state index in [9.17, 15) is 14.0 Å². The van der Waals surface area contributed by atoms with Crippen molar-refractivity contribution in [3.8, 4) is 0 Å². The number of likely N-dealkylation sites (tertiary alicyclic amines) is 1. The van der Waals surface area contributed by atoms with Crippen LogP contribution < -0.4 is 5.32 Å². The van der Waals surface area contributed by atoms with Gasteiger partial charge in [-0.25, -0.2) is 9.37 Å². The summed E-state index contributed by atoms with van der Waals surface area (Å²) in [7, 11) is 0. The molecule has 2 amide bonds. The number of aromatic nitrogens is 3. The molecule has 1 aromatic carbocycles. The standard InChI is InChI=1S/C18H22FN5O2/c1-11-4-3-5-14(17(11)19)18(26)24-8-13(9-24)6-12(2)22-16(25)7-15-20-10-21-23-15/h3-5,10,12-13H,6-9H2,1-2H3,(H,22,25)(H,20,21,23). The fraction of sp³-hybridized carbons (Fsp3) is 0.444. The van der Waals surface area contributed by atoms with Crippen molar-refractivity contribution in [1.82, 2.24) is 25.4 Å². The van der Waals surface area contributed by atoms with Gasteiger partial charge in [-0.15, -0.1) is 0 Å². The van der Waals surface area contributed by atoms with Gasteiger partial charge in [0, 0.05) is 19.1 Å². The number of hydrogen-bond acceptors (Lipinski definition) is 4. The molecule has 8 heteroatoms. The average molecular weight is 359 g/mol. The number of aryl methyl sites for hydroxylation is 1. The summed E-state index contributed by atoms with van der Waals surface area (Å²) < 4.78 is 14.1. The van der Waals surface area contributed by atoms with E-state index in [0.29, 0.717) is 30.4 Å². The molecule has 2 N–H and O–H groups in total. The molecule has 2 heterocycles. The van der Waals surface area contributed by atoms with Gasteiger partial charge in [-0.05, 0) is 37.8 Å². The molecule has 1 fully saturated rings. The number of rotatable bonds is 6. The first kappa shape index (κ1) is 18.0. The minimum atomic E-state index is -0.450. The van der Waals surface area contributed by atoms with Crippen LogP contribution in [0.3, 0.4) is 0 Å². The van der Waals surface area contributed by atoms with Gasteiger partial charge in [-0.2, -0.15) is 5.10 Å². The average Bonchev–Trinajstić information content (AvgIpc) is 3.05. The van der Waals surface area contributed by atoms with Gasteiger partial charge < -0.3 is 10.2 Å². The predicted octanol–water partition coefficient (Wildman–Crippen LogP) is 1.46. The molecule has 0 bridgehead atoms. The number of carbonyl (C=O) groups excluding carboxylic acids is 2. The van der Waals surface area contributed by atoms with E-state index in [2.05, 4.69) is 20.5 Å². The topological polar surface area (TPSA) is 91.0 Å². The summed E-state index contributed by atoms with van der Waals surface area (Å²) >= 11 is 0. The van der Waals surface area contributed by atoms with E-state index >= 15 is 0 Å². The van der Waals surface area contributed by atoms with Crippen LogP contribution in [0.25, 0.3) is 0 Å². The second kappa shape index (κ2) is 7.63. The summed E-state index contributed by atoms with van der Waals surface area (Å²) in [5.74, 6) is -0.0236. The molecule has 138 valence electrons. The number of hydrogen-bond donors (Lipinski definition) is 2. The smallest absolute Gasteiger partial charge is 0.256 e. The lowest BCUT2D eigenvalue weighted by Gasteiger charge is -2.40. The van der Waals surface area contributed by atoms with Crippen molar-refractivity contribution in [2.45, 2.75) is 32.7 Å². The third-order valence-electron chi connectivity index (χ3n) is 4.55. The van der Waals surface area contributed by atoms with Gasteiger partial charge in [-0.3, -0.25) is 14.7 Å². The van der Waals surface area contributed by atoms with Crippen molar-refractivity contribution in [2.75, 3.05) is 13.1 Å². The van der Waals surface area contributed by atoms with Gasteiger partial charge in [0.05, 0.1) is 12.0 Å². The molecular weight excluding hydrogens is 337 g/mol. The van der Waals surface area contributed by atoms with Crippen LogP contribution in [0.1, 0.15) is 35.1 Å². The van der Waals surface area contributed by atoms with Crippen molar-refractivity contribution in [2.24, 2.45) is 5.92 Å². The van der Waals surface area contributed by atoms with Gasteiger partial charge in [0.2, 0.25) is 5.91 Å². The Hall–Kier alpha value is -2.77. The Morgan fingerprint density at radius 3 is 2.88 bits per heavy atom. The molecule has 0 aliphatic carbocycles. The fourth-order valence-electron chi connectivity index (χ4n) is 3.22. The van der Waals surface area contributed by atoms with E-state index in [4.69, 9.17) is 0 Å². The highest BCUT2D eigenvalue weighted by molar-refractivity contribution is 5.95. The van der Waals surface area contributed by atoms with Crippen molar-refractivity contribution >= 4 is 11.8 Å². The monoisotopic (exact) mass is 359 g/mol. The van der Waals surface area contributed by atoms with Crippen molar-refractivity contribution < 1.29 is 14.0 Å². The molecular formula is C18H22FN5O2. The molecule has 1 aliphatic heterocycles. The maximum atomic E-state index is 14.1. The zero-order valence-corrected chi connectivity index (χ0v) is 14.8. The predicted molar refractivity (Wildman–Crippen MR) is 92.8 cm³/mol. The number of amides is 2. The van der Waals surface area contributed by atoms with Crippen LogP contribution in [0, 0.1) is 18.7 Å². The van der Waals surface area contributed by atoms with Crippen LogP contribution in [0.15, 0.2) is 24.5 Å². The molecule has 0 spiro atoms. The quantitative estimate of drug-likeness (QED) is 0.817. The van der Waals surface area contributed by atoms with E-state index in [-0.39, 0.29) is 29.8 Å². The highest BCUT2D eigenvalue weighted by Gasteiger charge is 2.33. The van der Waals surface area contributed by atoms with Crippen molar-refractivity contribution in [3.63, 3.8) is 0 Å². The first-order chi connectivity index (χ1) is 12.4. The number of H-pyrrole nitrogens is 1. The number of aromatic amines is 1. The number of carbonyl (C=O) groups is 2.